The number of benzene rings is 2. The third-order valence-electron chi connectivity index (χ3n) is 4.43. The quantitative estimate of drug-likeness (QED) is 0.301. The van der Waals surface area contributed by atoms with Gasteiger partial charge in [0.05, 0.1) is 10.4 Å². The van der Waals surface area contributed by atoms with Crippen LogP contribution in [-0.4, -0.2) is 37.0 Å². The summed E-state index contributed by atoms with van der Waals surface area (Å²) < 4.78 is 1.15. The Kier molecular flexibility index (Phi) is 5.62. The van der Waals surface area contributed by atoms with E-state index < -0.39 is 11.0 Å². The average Bonchev–Trinajstić information content (AvgIpc) is 3.17. The maximum absolute atomic E-state index is 12.6. The number of nitrogens with zero attached hydrogens (tertiary/aromatic N) is 5. The molecule has 0 aliphatic heterocycles. The van der Waals surface area contributed by atoms with Crippen LogP contribution in [0.4, 0.5) is 33.5 Å². The van der Waals surface area contributed by atoms with Crippen LogP contribution in [0.15, 0.2) is 60.7 Å². The summed E-state index contributed by atoms with van der Waals surface area (Å²) in [5, 5.41) is 28.2. The van der Waals surface area contributed by atoms with Crippen LogP contribution in [0.5, 0.6) is 0 Å². The summed E-state index contributed by atoms with van der Waals surface area (Å²) in [4.78, 5) is 27.8. The molecule has 0 atom stereocenters. The van der Waals surface area contributed by atoms with Gasteiger partial charge in [-0.3, -0.25) is 10.1 Å². The zero-order valence-electron chi connectivity index (χ0n) is 17.3. The summed E-state index contributed by atoms with van der Waals surface area (Å²) in [5.74, 6) is 0.604. The maximum Gasteiger partial charge on any atom is 0.348 e. The van der Waals surface area contributed by atoms with Gasteiger partial charge >= 0.3 is 11.7 Å². The molecule has 0 spiro atoms. The average molecular weight is 432 g/mol. The standard InChI is InChI=1S/C21H20N8O3/c1-13(2)22-19-11-10-18(29(31)32)20(25-19)23-15-8-9-17-16(12-15)26-27-28(17)21(30)24-14-6-4-3-5-7-14/h3-13H,1-2H3,(H,24,30)(H2,22,23,25). The first-order chi connectivity index (χ1) is 15.4. The zero-order chi connectivity index (χ0) is 22.7. The second-order valence-corrected chi connectivity index (χ2v) is 7.25. The van der Waals surface area contributed by atoms with Crippen LogP contribution in [0.2, 0.25) is 0 Å². The number of aromatic nitrogens is 4. The van der Waals surface area contributed by atoms with Gasteiger partial charge in [0.2, 0.25) is 5.82 Å². The fourth-order valence-electron chi connectivity index (χ4n) is 3.05. The smallest absolute Gasteiger partial charge is 0.348 e. The number of amides is 1. The molecule has 2 heterocycles. The lowest BCUT2D eigenvalue weighted by Gasteiger charge is -2.12. The first kappa shape index (κ1) is 20.7. The first-order valence-electron chi connectivity index (χ1n) is 9.81. The van der Waals surface area contributed by atoms with Crippen molar-refractivity contribution in [3.63, 3.8) is 0 Å². The van der Waals surface area contributed by atoms with Crippen molar-refractivity contribution in [1.29, 1.82) is 0 Å². The van der Waals surface area contributed by atoms with Gasteiger partial charge < -0.3 is 16.0 Å². The molecule has 0 fully saturated rings. The molecule has 0 radical (unpaired) electrons. The van der Waals surface area contributed by atoms with Gasteiger partial charge in [-0.25, -0.2) is 9.78 Å². The van der Waals surface area contributed by atoms with Crippen LogP contribution in [0.3, 0.4) is 0 Å². The van der Waals surface area contributed by atoms with E-state index in [9.17, 15) is 14.9 Å². The monoisotopic (exact) mass is 432 g/mol. The van der Waals surface area contributed by atoms with Crippen LogP contribution >= 0.6 is 0 Å². The number of hydrogen-bond donors (Lipinski definition) is 3. The molecule has 162 valence electrons. The van der Waals surface area contributed by atoms with Gasteiger partial charge in [-0.05, 0) is 50.2 Å². The Morgan fingerprint density at radius 1 is 1.06 bits per heavy atom. The lowest BCUT2D eigenvalue weighted by atomic mass is 10.2. The van der Waals surface area contributed by atoms with Crippen LogP contribution in [0.25, 0.3) is 11.0 Å². The SMILES string of the molecule is CC(C)Nc1ccc([N+](=O)[O-])c(Nc2ccc3c(c2)nnn3C(=O)Nc2ccccc2)n1. The van der Waals surface area contributed by atoms with Gasteiger partial charge in [-0.2, -0.15) is 4.68 Å². The minimum atomic E-state index is -0.503. The Balaban J connectivity index is 1.60. The van der Waals surface area contributed by atoms with Crippen molar-refractivity contribution in [1.82, 2.24) is 20.0 Å². The Morgan fingerprint density at radius 2 is 1.84 bits per heavy atom. The molecule has 11 heteroatoms. The lowest BCUT2D eigenvalue weighted by molar-refractivity contribution is -0.384. The summed E-state index contributed by atoms with van der Waals surface area (Å²) >= 11 is 0. The Bertz CT molecular complexity index is 1290. The summed E-state index contributed by atoms with van der Waals surface area (Å²) in [6.45, 7) is 3.89. The molecule has 2 aromatic carbocycles. The van der Waals surface area contributed by atoms with E-state index in [-0.39, 0.29) is 17.5 Å². The molecular weight excluding hydrogens is 412 g/mol. The van der Waals surface area contributed by atoms with E-state index in [0.717, 1.165) is 4.68 Å². The first-order valence-corrected chi connectivity index (χ1v) is 9.81. The highest BCUT2D eigenvalue weighted by Crippen LogP contribution is 2.28. The van der Waals surface area contributed by atoms with Crippen molar-refractivity contribution in [2.24, 2.45) is 0 Å². The number of fused-ring (bicyclic) bond motifs is 1. The highest BCUT2D eigenvalue weighted by atomic mass is 16.6. The van der Waals surface area contributed by atoms with Crippen LogP contribution in [0.1, 0.15) is 13.8 Å². The Labute approximate surface area is 182 Å². The molecular formula is C21H20N8O3. The highest BCUT2D eigenvalue weighted by molar-refractivity contribution is 5.96. The van der Waals surface area contributed by atoms with Crippen LogP contribution < -0.4 is 16.0 Å². The summed E-state index contributed by atoms with van der Waals surface area (Å²) in [6.07, 6.45) is 0. The summed E-state index contributed by atoms with van der Waals surface area (Å²) in [5.41, 5.74) is 1.92. The largest absolute Gasteiger partial charge is 0.368 e. The van der Waals surface area contributed by atoms with Crippen LogP contribution in [-0.2, 0) is 0 Å². The predicted octanol–water partition coefficient (Wildman–Crippen LogP) is 4.38. The van der Waals surface area contributed by atoms with Crippen molar-refractivity contribution in [2.45, 2.75) is 19.9 Å². The summed E-state index contributed by atoms with van der Waals surface area (Å²) in [7, 11) is 0. The molecule has 1 amide bonds. The molecule has 11 nitrogen and oxygen atoms in total. The molecule has 0 saturated heterocycles. The van der Waals surface area contributed by atoms with Crippen molar-refractivity contribution in [2.75, 3.05) is 16.0 Å². The fraction of sp³-hybridized carbons (Fsp3) is 0.143. The lowest BCUT2D eigenvalue weighted by Crippen LogP contribution is -2.20. The number of nitro groups is 1. The Hall–Kier alpha value is -4.54. The molecule has 4 rings (SSSR count). The molecule has 0 unspecified atom stereocenters. The molecule has 3 N–H and O–H groups in total. The van der Waals surface area contributed by atoms with Gasteiger partial charge in [0.25, 0.3) is 0 Å². The number of carbonyl (C=O) groups is 1. The zero-order valence-corrected chi connectivity index (χ0v) is 17.3. The third kappa shape index (κ3) is 4.46. The van der Waals surface area contributed by atoms with E-state index >= 15 is 0 Å². The van der Waals surface area contributed by atoms with E-state index in [1.165, 1.54) is 6.07 Å². The molecule has 0 saturated carbocycles. The topological polar surface area (TPSA) is 140 Å². The molecule has 4 aromatic rings. The van der Waals surface area contributed by atoms with Crippen LogP contribution in [0, 0.1) is 10.1 Å². The number of pyridine rings is 1. The van der Waals surface area contributed by atoms with Crippen molar-refractivity contribution in [3.05, 3.63) is 70.8 Å². The number of rotatable bonds is 6. The third-order valence-corrected chi connectivity index (χ3v) is 4.43. The van der Waals surface area contributed by atoms with Gasteiger partial charge in [-0.15, -0.1) is 5.10 Å². The normalized spacial score (nSPS) is 10.8. The minimum Gasteiger partial charge on any atom is -0.368 e. The van der Waals surface area contributed by atoms with E-state index in [4.69, 9.17) is 0 Å². The second-order valence-electron chi connectivity index (χ2n) is 7.25. The number of para-hydroxylation sites is 1. The predicted molar refractivity (Wildman–Crippen MR) is 121 cm³/mol. The number of nitrogens with one attached hydrogen (secondary N) is 3. The maximum atomic E-state index is 12.6. The van der Waals surface area contributed by atoms with E-state index in [0.29, 0.717) is 28.2 Å². The van der Waals surface area contributed by atoms with Crippen molar-refractivity contribution < 1.29 is 9.72 Å². The molecule has 2 aromatic heterocycles. The number of carbonyl (C=O) groups excluding carboxylic acids is 1. The van der Waals surface area contributed by atoms with Crippen molar-refractivity contribution >= 4 is 45.8 Å². The summed E-state index contributed by atoms with van der Waals surface area (Å²) in [6, 6.07) is 16.6. The van der Waals surface area contributed by atoms with E-state index in [1.54, 1.807) is 36.4 Å². The van der Waals surface area contributed by atoms with E-state index in [2.05, 4.69) is 31.2 Å². The van der Waals surface area contributed by atoms with Gasteiger partial charge in [0.1, 0.15) is 11.3 Å². The number of hydrogen-bond acceptors (Lipinski definition) is 8. The van der Waals surface area contributed by atoms with Gasteiger partial charge in [0, 0.05) is 23.5 Å². The molecule has 32 heavy (non-hydrogen) atoms. The highest BCUT2D eigenvalue weighted by Gasteiger charge is 2.18. The van der Waals surface area contributed by atoms with Gasteiger partial charge in [-0.1, -0.05) is 23.4 Å². The Morgan fingerprint density at radius 3 is 2.56 bits per heavy atom. The minimum absolute atomic E-state index is 0.0919. The fourth-order valence-corrected chi connectivity index (χ4v) is 3.05. The number of anilines is 4. The van der Waals surface area contributed by atoms with Gasteiger partial charge in [0.15, 0.2) is 0 Å². The molecule has 0 aliphatic carbocycles. The van der Waals surface area contributed by atoms with Crippen molar-refractivity contribution in [3.8, 4) is 0 Å². The van der Waals surface area contributed by atoms with E-state index in [1.807, 2.05) is 32.0 Å². The second kappa shape index (κ2) is 8.68. The molecule has 0 bridgehead atoms. The molecule has 0 aliphatic rings.